The molecule has 1 heterocycles. The molecule has 2 aromatic rings. The number of nitrogens with one attached hydrogen (secondary N) is 1. The summed E-state index contributed by atoms with van der Waals surface area (Å²) >= 11 is 1.57. The number of aliphatic hydroxyl groups is 1. The first-order valence-electron chi connectivity index (χ1n) is 8.49. The number of amides is 1. The third-order valence-corrected chi connectivity index (χ3v) is 5.82. The second-order valence-corrected chi connectivity index (χ2v) is 7.64. The lowest BCUT2D eigenvalue weighted by atomic mass is 10.0. The van der Waals surface area contributed by atoms with Crippen molar-refractivity contribution in [3.8, 4) is 0 Å². The van der Waals surface area contributed by atoms with Crippen LogP contribution in [0.3, 0.4) is 0 Å². The summed E-state index contributed by atoms with van der Waals surface area (Å²) in [7, 11) is 1.86. The van der Waals surface area contributed by atoms with Crippen molar-refractivity contribution in [3.63, 3.8) is 0 Å². The average Bonchev–Trinajstić information content (AvgIpc) is 2.70. The van der Waals surface area contributed by atoms with Gasteiger partial charge in [-0.1, -0.05) is 35.9 Å². The standard InChI is InChI=1S/C20H24N2O2S.ClH.H2O/c1-13-4-7-15(8-5-13)19-18(23)20(24)22(11-10-21-3)16-9-6-14(2)12-17(16)25-19;;/h4-9,12,18-19,21,23H,10-11H2,1-3H3;1H;1H2/t18-,19+;;/m0../s1. The van der Waals surface area contributed by atoms with Crippen LogP contribution >= 0.6 is 24.2 Å². The highest BCUT2D eigenvalue weighted by Gasteiger charge is 2.37. The Morgan fingerprint density at radius 1 is 1.11 bits per heavy atom. The first-order valence-corrected chi connectivity index (χ1v) is 9.37. The van der Waals surface area contributed by atoms with Crippen molar-refractivity contribution in [2.75, 3.05) is 25.0 Å². The van der Waals surface area contributed by atoms with Crippen LogP contribution < -0.4 is 10.2 Å². The van der Waals surface area contributed by atoms with Crippen LogP contribution in [0, 0.1) is 13.8 Å². The minimum Gasteiger partial charge on any atom is -0.412 e. The van der Waals surface area contributed by atoms with E-state index in [0.717, 1.165) is 27.3 Å². The summed E-state index contributed by atoms with van der Waals surface area (Å²) in [5.74, 6) is -0.240. The summed E-state index contributed by atoms with van der Waals surface area (Å²) in [6.45, 7) is 5.28. The van der Waals surface area contributed by atoms with E-state index in [1.165, 1.54) is 0 Å². The third kappa shape index (κ3) is 5.03. The Balaban J connectivity index is 0.00000182. The predicted octanol–water partition coefficient (Wildman–Crippen LogP) is 2.66. The van der Waals surface area contributed by atoms with Crippen molar-refractivity contribution in [1.82, 2.24) is 5.32 Å². The molecule has 148 valence electrons. The Kier molecular flexibility index (Phi) is 8.78. The van der Waals surface area contributed by atoms with Gasteiger partial charge in [-0.2, -0.15) is 0 Å². The van der Waals surface area contributed by atoms with Crippen molar-refractivity contribution >= 4 is 35.8 Å². The van der Waals surface area contributed by atoms with Crippen LogP contribution in [0.1, 0.15) is 21.9 Å². The number of thioether (sulfide) groups is 1. The molecule has 1 aliphatic rings. The van der Waals surface area contributed by atoms with Gasteiger partial charge in [-0.25, -0.2) is 0 Å². The molecular weight excluding hydrogens is 384 g/mol. The molecule has 0 aliphatic carbocycles. The number of carbonyl (C=O) groups is 1. The molecule has 0 unspecified atom stereocenters. The number of anilines is 1. The lowest BCUT2D eigenvalue weighted by molar-refractivity contribution is -0.126. The Morgan fingerprint density at radius 3 is 2.37 bits per heavy atom. The van der Waals surface area contributed by atoms with E-state index < -0.39 is 6.10 Å². The van der Waals surface area contributed by atoms with Gasteiger partial charge in [0.05, 0.1) is 10.9 Å². The monoisotopic (exact) mass is 410 g/mol. The second kappa shape index (κ2) is 10.1. The molecule has 0 aromatic heterocycles. The molecule has 0 radical (unpaired) electrons. The maximum Gasteiger partial charge on any atom is 0.257 e. The summed E-state index contributed by atoms with van der Waals surface area (Å²) in [4.78, 5) is 15.7. The Bertz CT molecular complexity index is 770. The molecule has 1 aliphatic heterocycles. The molecular formula is C20H27ClN2O3S. The normalized spacial score (nSPS) is 18.8. The largest absolute Gasteiger partial charge is 0.412 e. The van der Waals surface area contributed by atoms with Crippen LogP contribution in [0.4, 0.5) is 5.69 Å². The average molecular weight is 411 g/mol. The smallest absolute Gasteiger partial charge is 0.257 e. The molecule has 0 saturated carbocycles. The van der Waals surface area contributed by atoms with Crippen molar-refractivity contribution in [2.45, 2.75) is 30.1 Å². The zero-order valence-corrected chi connectivity index (χ0v) is 17.4. The highest BCUT2D eigenvalue weighted by molar-refractivity contribution is 7.99. The van der Waals surface area contributed by atoms with Gasteiger partial charge in [-0.05, 0) is 44.2 Å². The third-order valence-electron chi connectivity index (χ3n) is 4.46. The van der Waals surface area contributed by atoms with Crippen LogP contribution in [0.15, 0.2) is 47.4 Å². The molecule has 2 atom stereocenters. The van der Waals surface area contributed by atoms with Gasteiger partial charge in [0, 0.05) is 18.0 Å². The number of fused-ring (bicyclic) bond motifs is 1. The number of aliphatic hydroxyl groups excluding tert-OH is 1. The molecule has 4 N–H and O–H groups in total. The molecule has 0 spiro atoms. The molecule has 5 nitrogen and oxygen atoms in total. The number of halogens is 1. The Morgan fingerprint density at radius 2 is 1.74 bits per heavy atom. The first kappa shape index (κ1) is 23.5. The molecule has 1 amide bonds. The Labute approximate surface area is 170 Å². The summed E-state index contributed by atoms with van der Waals surface area (Å²) < 4.78 is 0. The Hall–Kier alpha value is -1.57. The van der Waals surface area contributed by atoms with Gasteiger partial charge in [0.2, 0.25) is 0 Å². The van der Waals surface area contributed by atoms with Gasteiger partial charge in [-0.15, -0.1) is 24.2 Å². The van der Waals surface area contributed by atoms with E-state index in [1.807, 2.05) is 57.3 Å². The number of likely N-dealkylation sites (N-methyl/N-ethyl adjacent to an activating group) is 1. The van der Waals surface area contributed by atoms with Gasteiger partial charge in [0.25, 0.3) is 5.91 Å². The van der Waals surface area contributed by atoms with Crippen molar-refractivity contribution in [2.24, 2.45) is 0 Å². The zero-order valence-electron chi connectivity index (χ0n) is 15.7. The fourth-order valence-electron chi connectivity index (χ4n) is 3.01. The summed E-state index contributed by atoms with van der Waals surface area (Å²) in [6.07, 6.45) is -1.07. The number of rotatable bonds is 4. The van der Waals surface area contributed by atoms with Crippen molar-refractivity contribution in [1.29, 1.82) is 0 Å². The molecule has 0 bridgehead atoms. The van der Waals surface area contributed by atoms with E-state index in [0.29, 0.717) is 13.1 Å². The fraction of sp³-hybridized carbons (Fsp3) is 0.350. The fourth-order valence-corrected chi connectivity index (χ4v) is 4.37. The number of hydrogen-bond donors (Lipinski definition) is 2. The van der Waals surface area contributed by atoms with Crippen LogP contribution in [0.5, 0.6) is 0 Å². The first-order chi connectivity index (χ1) is 12.0. The summed E-state index contributed by atoms with van der Waals surface area (Å²) in [5, 5.41) is 13.6. The molecule has 27 heavy (non-hydrogen) atoms. The number of hydrogen-bond acceptors (Lipinski definition) is 4. The van der Waals surface area contributed by atoms with E-state index in [9.17, 15) is 9.90 Å². The van der Waals surface area contributed by atoms with Gasteiger partial charge in [0.15, 0.2) is 0 Å². The lowest BCUT2D eigenvalue weighted by Gasteiger charge is -2.25. The quantitative estimate of drug-likeness (QED) is 0.811. The highest BCUT2D eigenvalue weighted by atomic mass is 35.5. The van der Waals surface area contributed by atoms with E-state index in [1.54, 1.807) is 16.7 Å². The van der Waals surface area contributed by atoms with Crippen LogP contribution in [0.25, 0.3) is 0 Å². The predicted molar refractivity (Wildman–Crippen MR) is 114 cm³/mol. The molecule has 3 rings (SSSR count). The molecule has 0 saturated heterocycles. The van der Waals surface area contributed by atoms with Gasteiger partial charge < -0.3 is 20.8 Å². The highest BCUT2D eigenvalue weighted by Crippen LogP contribution is 2.46. The van der Waals surface area contributed by atoms with Crippen molar-refractivity contribution < 1.29 is 15.4 Å². The number of benzene rings is 2. The van der Waals surface area contributed by atoms with Crippen molar-refractivity contribution in [3.05, 3.63) is 59.2 Å². The maximum atomic E-state index is 13.0. The van der Waals surface area contributed by atoms with Crippen LogP contribution in [-0.2, 0) is 4.79 Å². The minimum atomic E-state index is -1.07. The molecule has 2 aromatic carbocycles. The van der Waals surface area contributed by atoms with Gasteiger partial charge in [0.1, 0.15) is 6.10 Å². The number of carbonyl (C=O) groups excluding carboxylic acids is 1. The minimum absolute atomic E-state index is 0. The van der Waals surface area contributed by atoms with E-state index in [4.69, 9.17) is 0 Å². The molecule has 0 fully saturated rings. The molecule has 7 heteroatoms. The summed E-state index contributed by atoms with van der Waals surface area (Å²) in [5.41, 5.74) is 4.16. The topological polar surface area (TPSA) is 84.1 Å². The maximum absolute atomic E-state index is 13.0. The van der Waals surface area contributed by atoms with Gasteiger partial charge >= 0.3 is 0 Å². The van der Waals surface area contributed by atoms with Crippen LogP contribution in [0.2, 0.25) is 0 Å². The number of aryl methyl sites for hydroxylation is 2. The lowest BCUT2D eigenvalue weighted by Crippen LogP contribution is -2.43. The van der Waals surface area contributed by atoms with Gasteiger partial charge in [-0.3, -0.25) is 4.79 Å². The second-order valence-electron chi connectivity index (χ2n) is 6.46. The summed E-state index contributed by atoms with van der Waals surface area (Å²) in [6, 6.07) is 14.1. The SMILES string of the molecule is CNCCN1C(=O)[C@@H](O)[C@@H](c2ccc(C)cc2)Sc2cc(C)ccc21.Cl.O. The van der Waals surface area contributed by atoms with E-state index in [2.05, 4.69) is 11.4 Å². The van der Waals surface area contributed by atoms with Crippen LogP contribution in [-0.4, -0.2) is 42.7 Å². The van der Waals surface area contributed by atoms with E-state index in [-0.39, 0.29) is 29.0 Å². The van der Waals surface area contributed by atoms with E-state index >= 15 is 0 Å². The zero-order chi connectivity index (χ0) is 18.0. The number of nitrogens with zero attached hydrogens (tertiary/aromatic N) is 1.